The maximum atomic E-state index is 14.2. The number of anilines is 2. The highest BCUT2D eigenvalue weighted by Gasteiger charge is 2.42. The minimum Gasteiger partial charge on any atom is -0.504 e. The van der Waals surface area contributed by atoms with E-state index in [9.17, 15) is 27.5 Å². The van der Waals surface area contributed by atoms with E-state index in [-0.39, 0.29) is 33.9 Å². The summed E-state index contributed by atoms with van der Waals surface area (Å²) in [7, 11) is 1.28. The van der Waals surface area contributed by atoms with Crippen molar-refractivity contribution in [2.24, 2.45) is 0 Å². The molecule has 0 spiro atoms. The minimum atomic E-state index is -5.27. The molecule has 0 fully saturated rings. The highest BCUT2D eigenvalue weighted by molar-refractivity contribution is 9.10. The molecule has 0 radical (unpaired) electrons. The number of aromatic nitrogens is 2. The van der Waals surface area contributed by atoms with Crippen molar-refractivity contribution >= 4 is 44.3 Å². The third-order valence-corrected chi connectivity index (χ3v) is 4.07. The maximum absolute atomic E-state index is 14.2. The second-order valence-corrected chi connectivity index (χ2v) is 6.45. The summed E-state index contributed by atoms with van der Waals surface area (Å²) in [5.74, 6) is -3.76. The Labute approximate surface area is 168 Å². The average Bonchev–Trinajstić information content (AvgIpc) is 2.62. The summed E-state index contributed by atoms with van der Waals surface area (Å²) < 4.78 is 61.3. The number of hydrogen-bond acceptors (Lipinski definition) is 7. The fourth-order valence-corrected chi connectivity index (χ4v) is 2.62. The second kappa shape index (κ2) is 7.70. The average molecular weight is 476 g/mol. The molecular formula is C17H10BrF4N3O4. The van der Waals surface area contributed by atoms with Crippen LogP contribution in [0.4, 0.5) is 29.1 Å². The number of hydrogen-bond donors (Lipinski definition) is 2. The smallest absolute Gasteiger partial charge is 0.491 e. The van der Waals surface area contributed by atoms with E-state index < -0.39 is 24.0 Å². The first-order chi connectivity index (χ1) is 13.6. The van der Waals surface area contributed by atoms with Gasteiger partial charge in [0.15, 0.2) is 11.5 Å². The Kier molecular flexibility index (Phi) is 5.46. The first kappa shape index (κ1) is 20.6. The molecule has 0 bridgehead atoms. The van der Waals surface area contributed by atoms with Gasteiger partial charge in [-0.1, -0.05) is 15.9 Å². The second-order valence-electron chi connectivity index (χ2n) is 5.53. The van der Waals surface area contributed by atoms with E-state index in [0.717, 1.165) is 12.1 Å². The molecule has 29 heavy (non-hydrogen) atoms. The van der Waals surface area contributed by atoms with Gasteiger partial charge in [0.1, 0.15) is 11.6 Å². The van der Waals surface area contributed by atoms with Gasteiger partial charge in [-0.15, -0.1) is 0 Å². The molecule has 2 N–H and O–H groups in total. The number of esters is 1. The van der Waals surface area contributed by atoms with E-state index in [1.165, 1.54) is 25.3 Å². The molecule has 0 aliphatic rings. The van der Waals surface area contributed by atoms with Gasteiger partial charge >= 0.3 is 18.2 Å². The number of carbonyl (C=O) groups excluding carboxylic acids is 1. The summed E-state index contributed by atoms with van der Waals surface area (Å²) in [6, 6.07) is 5.45. The minimum absolute atomic E-state index is 0.0143. The molecule has 2 aromatic carbocycles. The van der Waals surface area contributed by atoms with Gasteiger partial charge in [0.05, 0.1) is 18.3 Å². The van der Waals surface area contributed by atoms with Crippen molar-refractivity contribution in [3.8, 4) is 17.5 Å². The molecule has 1 aromatic heterocycles. The van der Waals surface area contributed by atoms with Crippen LogP contribution in [0.15, 0.2) is 34.8 Å². The molecule has 1 heterocycles. The van der Waals surface area contributed by atoms with Crippen LogP contribution < -0.4 is 14.8 Å². The molecule has 0 unspecified atom stereocenters. The molecule has 152 valence electrons. The van der Waals surface area contributed by atoms with Gasteiger partial charge in [-0.3, -0.25) is 0 Å². The first-order valence-electron chi connectivity index (χ1n) is 7.68. The third-order valence-electron chi connectivity index (χ3n) is 3.58. The van der Waals surface area contributed by atoms with Crippen LogP contribution in [0.5, 0.6) is 17.5 Å². The van der Waals surface area contributed by atoms with Crippen molar-refractivity contribution in [2.45, 2.75) is 6.18 Å². The lowest BCUT2D eigenvalue weighted by molar-refractivity contribution is -0.190. The number of benzene rings is 2. The van der Waals surface area contributed by atoms with E-state index in [2.05, 4.69) is 36.0 Å². The molecule has 0 saturated carbocycles. The highest BCUT2D eigenvalue weighted by atomic mass is 79.9. The highest BCUT2D eigenvalue weighted by Crippen LogP contribution is 2.36. The number of halogens is 5. The summed E-state index contributed by atoms with van der Waals surface area (Å²) in [6.45, 7) is 0. The molecular weight excluding hydrogens is 466 g/mol. The molecule has 0 aliphatic heterocycles. The molecule has 7 nitrogen and oxygen atoms in total. The lowest BCUT2D eigenvalue weighted by Gasteiger charge is -2.13. The summed E-state index contributed by atoms with van der Waals surface area (Å²) in [6.07, 6.45) is -5.27. The number of rotatable bonds is 4. The topological polar surface area (TPSA) is 93.6 Å². The van der Waals surface area contributed by atoms with Crippen molar-refractivity contribution in [2.75, 3.05) is 12.4 Å². The standard InChI is InChI=1S/C17H10BrF4N3O4/c1-28-13-5-8-11(6-12(13)26)24-16(29-15(27)17(20,21)22)25-14(8)23-10-3-2-7(18)4-9(10)19/h2-6,26H,1H3,(H,23,24,25). The van der Waals surface area contributed by atoms with E-state index in [1.54, 1.807) is 0 Å². The van der Waals surface area contributed by atoms with Crippen LogP contribution in [-0.4, -0.2) is 34.3 Å². The number of alkyl halides is 3. The van der Waals surface area contributed by atoms with Crippen LogP contribution in [0.3, 0.4) is 0 Å². The zero-order chi connectivity index (χ0) is 21.3. The van der Waals surface area contributed by atoms with Crippen LogP contribution in [-0.2, 0) is 4.79 Å². The van der Waals surface area contributed by atoms with E-state index >= 15 is 0 Å². The van der Waals surface area contributed by atoms with Crippen LogP contribution in [0.2, 0.25) is 0 Å². The molecule has 3 aromatic rings. The first-order valence-corrected chi connectivity index (χ1v) is 8.47. The zero-order valence-corrected chi connectivity index (χ0v) is 15.9. The number of methoxy groups -OCH3 is 1. The fourth-order valence-electron chi connectivity index (χ4n) is 2.29. The molecule has 0 amide bonds. The quantitative estimate of drug-likeness (QED) is 0.425. The number of aromatic hydroxyl groups is 1. The molecule has 0 aliphatic carbocycles. The van der Waals surface area contributed by atoms with E-state index in [0.29, 0.717) is 4.47 Å². The summed E-state index contributed by atoms with van der Waals surface area (Å²) in [5, 5.41) is 12.7. The largest absolute Gasteiger partial charge is 0.504 e. The Morgan fingerprint density at radius 3 is 2.55 bits per heavy atom. The summed E-state index contributed by atoms with van der Waals surface area (Å²) in [5.41, 5.74) is -0.142. The maximum Gasteiger partial charge on any atom is 0.491 e. The molecule has 0 saturated heterocycles. The molecule has 3 rings (SSSR count). The summed E-state index contributed by atoms with van der Waals surface area (Å²) >= 11 is 3.10. The monoisotopic (exact) mass is 475 g/mol. The number of nitrogens with zero attached hydrogens (tertiary/aromatic N) is 2. The molecule has 12 heteroatoms. The predicted molar refractivity (Wildman–Crippen MR) is 96.8 cm³/mol. The van der Waals surface area contributed by atoms with E-state index in [4.69, 9.17) is 4.74 Å². The fraction of sp³-hybridized carbons (Fsp3) is 0.118. The van der Waals surface area contributed by atoms with Crippen LogP contribution in [0, 0.1) is 5.82 Å². The van der Waals surface area contributed by atoms with Crippen molar-refractivity contribution in [1.29, 1.82) is 0 Å². The molecule has 0 atom stereocenters. The Bertz CT molecular complexity index is 1110. The Morgan fingerprint density at radius 2 is 1.93 bits per heavy atom. The van der Waals surface area contributed by atoms with Crippen LogP contribution in [0.1, 0.15) is 0 Å². The van der Waals surface area contributed by atoms with Crippen LogP contribution >= 0.6 is 15.9 Å². The van der Waals surface area contributed by atoms with Gasteiger partial charge < -0.3 is 19.9 Å². The van der Waals surface area contributed by atoms with Crippen LogP contribution in [0.25, 0.3) is 10.9 Å². The third kappa shape index (κ3) is 4.47. The van der Waals surface area contributed by atoms with Crippen molar-refractivity contribution in [3.05, 3.63) is 40.6 Å². The van der Waals surface area contributed by atoms with Crippen molar-refractivity contribution in [3.63, 3.8) is 0 Å². The van der Waals surface area contributed by atoms with Gasteiger partial charge in [-0.05, 0) is 24.3 Å². The number of fused-ring (bicyclic) bond motifs is 1. The zero-order valence-electron chi connectivity index (χ0n) is 14.3. The Hall–Kier alpha value is -3.15. The Balaban J connectivity index is 2.14. The van der Waals surface area contributed by atoms with Gasteiger partial charge in [-0.25, -0.2) is 9.18 Å². The predicted octanol–water partition coefficient (Wildman–Crippen LogP) is 4.46. The normalized spacial score (nSPS) is 11.4. The summed E-state index contributed by atoms with van der Waals surface area (Å²) in [4.78, 5) is 18.5. The number of carbonyl (C=O) groups is 1. The van der Waals surface area contributed by atoms with Gasteiger partial charge in [0.2, 0.25) is 0 Å². The number of phenols is 1. The Morgan fingerprint density at radius 1 is 1.21 bits per heavy atom. The lowest BCUT2D eigenvalue weighted by atomic mass is 10.2. The van der Waals surface area contributed by atoms with Gasteiger partial charge in [0, 0.05) is 15.9 Å². The van der Waals surface area contributed by atoms with Crippen molar-refractivity contribution < 1.29 is 36.9 Å². The van der Waals surface area contributed by atoms with Gasteiger partial charge in [0.25, 0.3) is 0 Å². The SMILES string of the molecule is COc1cc2c(Nc3ccc(Br)cc3F)nc(OC(=O)C(F)(F)F)nc2cc1O. The number of ether oxygens (including phenoxy) is 2. The van der Waals surface area contributed by atoms with Crippen molar-refractivity contribution in [1.82, 2.24) is 9.97 Å². The number of phenolic OH excluding ortho intramolecular Hbond substituents is 1. The number of nitrogens with one attached hydrogen (secondary N) is 1. The van der Waals surface area contributed by atoms with Gasteiger partial charge in [-0.2, -0.15) is 23.1 Å². The lowest BCUT2D eigenvalue weighted by Crippen LogP contribution is -2.28. The van der Waals surface area contributed by atoms with E-state index in [1.807, 2.05) is 0 Å².